The van der Waals surface area contributed by atoms with Crippen LogP contribution in [0.1, 0.15) is 26.7 Å². The molecule has 1 saturated heterocycles. The van der Waals surface area contributed by atoms with Crippen LogP contribution < -0.4 is 10.2 Å². The summed E-state index contributed by atoms with van der Waals surface area (Å²) in [5.74, 6) is -0.723. The van der Waals surface area contributed by atoms with Crippen LogP contribution in [0, 0.1) is 5.92 Å². The number of fused-ring (bicyclic) bond motifs is 1. The van der Waals surface area contributed by atoms with Crippen molar-refractivity contribution < 1.29 is 19.1 Å². The Labute approximate surface area is 153 Å². The molecule has 2 aliphatic rings. The molecule has 0 spiro atoms. The smallest absolute Gasteiger partial charge is 0.310 e. The second-order valence-corrected chi connectivity index (χ2v) is 6.75. The zero-order valence-corrected chi connectivity index (χ0v) is 15.2. The van der Waals surface area contributed by atoms with Gasteiger partial charge >= 0.3 is 5.97 Å². The van der Waals surface area contributed by atoms with Gasteiger partial charge in [0.15, 0.2) is 0 Å². The number of nitrogens with one attached hydrogen (secondary N) is 1. The van der Waals surface area contributed by atoms with E-state index in [-0.39, 0.29) is 30.2 Å². The maximum Gasteiger partial charge on any atom is 0.310 e. The van der Waals surface area contributed by atoms with Crippen LogP contribution in [0.4, 0.5) is 11.4 Å². The third-order valence-electron chi connectivity index (χ3n) is 5.01. The monoisotopic (exact) mass is 359 g/mol. The minimum atomic E-state index is -0.411. The molecule has 2 heterocycles. The van der Waals surface area contributed by atoms with Gasteiger partial charge in [0, 0.05) is 6.54 Å². The minimum absolute atomic E-state index is 0.00926. The number of rotatable bonds is 4. The quantitative estimate of drug-likeness (QED) is 0.827. The number of carbonyl (C=O) groups excluding carboxylic acids is 3. The second-order valence-electron chi connectivity index (χ2n) is 6.75. The number of carbonyl (C=O) groups is 3. The SMILES string of the molecule is CCOC(=O)[C@H]1CCCN([C@@H](C)C(=O)N2CC(=O)Nc3ccccc32)C1. The number of amides is 2. The lowest BCUT2D eigenvalue weighted by Crippen LogP contribution is -2.54. The molecule has 140 valence electrons. The van der Waals surface area contributed by atoms with Crippen molar-refractivity contribution in [1.82, 2.24) is 4.90 Å². The van der Waals surface area contributed by atoms with Gasteiger partial charge in [-0.05, 0) is 45.4 Å². The average molecular weight is 359 g/mol. The van der Waals surface area contributed by atoms with E-state index in [1.807, 2.05) is 30.0 Å². The van der Waals surface area contributed by atoms with E-state index in [1.165, 1.54) is 4.90 Å². The maximum atomic E-state index is 13.1. The highest BCUT2D eigenvalue weighted by Crippen LogP contribution is 2.30. The first kappa shape index (κ1) is 18.4. The number of ether oxygens (including phenoxy) is 1. The molecule has 3 rings (SSSR count). The molecule has 1 fully saturated rings. The molecule has 0 radical (unpaired) electrons. The average Bonchev–Trinajstić information content (AvgIpc) is 2.66. The Bertz CT molecular complexity index is 706. The van der Waals surface area contributed by atoms with Crippen molar-refractivity contribution >= 4 is 29.2 Å². The number of benzene rings is 1. The van der Waals surface area contributed by atoms with Crippen molar-refractivity contribution in [3.63, 3.8) is 0 Å². The number of hydrogen-bond donors (Lipinski definition) is 1. The van der Waals surface area contributed by atoms with Crippen molar-refractivity contribution in [1.29, 1.82) is 0 Å². The Morgan fingerprint density at radius 1 is 1.35 bits per heavy atom. The van der Waals surface area contributed by atoms with Crippen molar-refractivity contribution in [3.05, 3.63) is 24.3 Å². The Morgan fingerprint density at radius 2 is 2.12 bits per heavy atom. The number of nitrogens with zero attached hydrogens (tertiary/aromatic N) is 2. The van der Waals surface area contributed by atoms with Crippen LogP contribution in [-0.2, 0) is 19.1 Å². The molecule has 0 aromatic heterocycles. The molecular weight excluding hydrogens is 334 g/mol. The summed E-state index contributed by atoms with van der Waals surface area (Å²) in [7, 11) is 0. The fourth-order valence-corrected chi connectivity index (χ4v) is 3.62. The molecule has 7 heteroatoms. The summed E-state index contributed by atoms with van der Waals surface area (Å²) in [6, 6.07) is 6.88. The number of piperidine rings is 1. The summed E-state index contributed by atoms with van der Waals surface area (Å²) in [4.78, 5) is 40.7. The van der Waals surface area contributed by atoms with E-state index < -0.39 is 6.04 Å². The molecule has 1 N–H and O–H groups in total. The predicted molar refractivity (Wildman–Crippen MR) is 97.8 cm³/mol. The molecule has 1 aromatic rings. The predicted octanol–water partition coefficient (Wildman–Crippen LogP) is 1.64. The summed E-state index contributed by atoms with van der Waals surface area (Å²) in [6.45, 7) is 5.27. The van der Waals surface area contributed by atoms with E-state index in [9.17, 15) is 14.4 Å². The molecule has 0 unspecified atom stereocenters. The van der Waals surface area contributed by atoms with Crippen molar-refractivity contribution in [3.8, 4) is 0 Å². The van der Waals surface area contributed by atoms with Gasteiger partial charge < -0.3 is 10.1 Å². The van der Waals surface area contributed by atoms with E-state index in [2.05, 4.69) is 5.32 Å². The number of para-hydroxylation sites is 2. The molecule has 2 atom stereocenters. The minimum Gasteiger partial charge on any atom is -0.466 e. The van der Waals surface area contributed by atoms with Crippen LogP contribution >= 0.6 is 0 Å². The zero-order chi connectivity index (χ0) is 18.7. The number of esters is 1. The number of anilines is 2. The van der Waals surface area contributed by atoms with E-state index in [0.29, 0.717) is 24.5 Å². The third kappa shape index (κ3) is 3.72. The van der Waals surface area contributed by atoms with Crippen LogP contribution in [0.5, 0.6) is 0 Å². The number of hydrogen-bond acceptors (Lipinski definition) is 5. The van der Waals surface area contributed by atoms with Crippen molar-refractivity contribution in [2.75, 3.05) is 36.5 Å². The van der Waals surface area contributed by atoms with Gasteiger partial charge in [-0.3, -0.25) is 24.2 Å². The third-order valence-corrected chi connectivity index (χ3v) is 5.01. The molecule has 0 aliphatic carbocycles. The first-order valence-corrected chi connectivity index (χ1v) is 9.12. The lowest BCUT2D eigenvalue weighted by Gasteiger charge is -2.38. The molecule has 0 bridgehead atoms. The molecule has 1 aromatic carbocycles. The van der Waals surface area contributed by atoms with Gasteiger partial charge in [0.25, 0.3) is 0 Å². The van der Waals surface area contributed by atoms with E-state index >= 15 is 0 Å². The molecule has 2 aliphatic heterocycles. The molecule has 0 saturated carbocycles. The fraction of sp³-hybridized carbons (Fsp3) is 0.526. The van der Waals surface area contributed by atoms with Gasteiger partial charge in [0.2, 0.25) is 11.8 Å². The Hall–Kier alpha value is -2.41. The summed E-state index contributed by atoms with van der Waals surface area (Å²) in [5.41, 5.74) is 1.36. The van der Waals surface area contributed by atoms with Crippen LogP contribution in [0.2, 0.25) is 0 Å². The van der Waals surface area contributed by atoms with Crippen LogP contribution in [0.3, 0.4) is 0 Å². The first-order valence-electron chi connectivity index (χ1n) is 9.12. The molecular formula is C19H25N3O4. The Balaban J connectivity index is 1.73. The van der Waals surface area contributed by atoms with Crippen molar-refractivity contribution in [2.24, 2.45) is 5.92 Å². The largest absolute Gasteiger partial charge is 0.466 e. The van der Waals surface area contributed by atoms with Gasteiger partial charge in [-0.25, -0.2) is 0 Å². The summed E-state index contributed by atoms with van der Waals surface area (Å²) >= 11 is 0. The summed E-state index contributed by atoms with van der Waals surface area (Å²) in [5, 5.41) is 2.79. The molecule has 7 nitrogen and oxygen atoms in total. The van der Waals surface area contributed by atoms with Crippen LogP contribution in [0.15, 0.2) is 24.3 Å². The topological polar surface area (TPSA) is 79.0 Å². The Kier molecular flexibility index (Phi) is 5.56. The van der Waals surface area contributed by atoms with Gasteiger partial charge in [-0.15, -0.1) is 0 Å². The van der Waals surface area contributed by atoms with E-state index in [0.717, 1.165) is 19.4 Å². The fourth-order valence-electron chi connectivity index (χ4n) is 3.62. The van der Waals surface area contributed by atoms with Gasteiger partial charge in [0.1, 0.15) is 6.54 Å². The Morgan fingerprint density at radius 3 is 2.88 bits per heavy atom. The van der Waals surface area contributed by atoms with Gasteiger partial charge in [0.05, 0.1) is 29.9 Å². The molecule has 2 amide bonds. The standard InChI is InChI=1S/C19H25N3O4/c1-3-26-19(25)14-7-6-10-21(11-14)13(2)18(24)22-12-17(23)20-15-8-4-5-9-16(15)22/h4-5,8-9,13-14H,3,6-7,10-12H2,1-2H3,(H,20,23)/t13-,14-/m0/s1. The second kappa shape index (κ2) is 7.86. The van der Waals surface area contributed by atoms with Gasteiger partial charge in [-0.1, -0.05) is 12.1 Å². The lowest BCUT2D eigenvalue weighted by molar-refractivity contribution is -0.150. The van der Waals surface area contributed by atoms with Crippen LogP contribution in [0.25, 0.3) is 0 Å². The van der Waals surface area contributed by atoms with E-state index in [4.69, 9.17) is 4.74 Å². The van der Waals surface area contributed by atoms with Crippen molar-refractivity contribution in [2.45, 2.75) is 32.7 Å². The van der Waals surface area contributed by atoms with Gasteiger partial charge in [-0.2, -0.15) is 0 Å². The van der Waals surface area contributed by atoms with E-state index in [1.54, 1.807) is 13.0 Å². The lowest BCUT2D eigenvalue weighted by atomic mass is 9.96. The number of likely N-dealkylation sites (tertiary alicyclic amines) is 1. The molecule has 26 heavy (non-hydrogen) atoms. The highest BCUT2D eigenvalue weighted by atomic mass is 16.5. The highest BCUT2D eigenvalue weighted by Gasteiger charge is 2.35. The normalized spacial score (nSPS) is 21.5. The van der Waals surface area contributed by atoms with Crippen LogP contribution in [-0.4, -0.2) is 55.0 Å². The maximum absolute atomic E-state index is 13.1. The highest BCUT2D eigenvalue weighted by molar-refractivity contribution is 6.11. The first-order chi connectivity index (χ1) is 12.5. The summed E-state index contributed by atoms with van der Waals surface area (Å²) in [6.07, 6.45) is 1.63. The zero-order valence-electron chi connectivity index (χ0n) is 15.2. The summed E-state index contributed by atoms with van der Waals surface area (Å²) < 4.78 is 5.13.